The van der Waals surface area contributed by atoms with Crippen LogP contribution in [0.3, 0.4) is 0 Å². The number of carbonyl (C=O) groups is 1. The van der Waals surface area contributed by atoms with Crippen molar-refractivity contribution in [3.8, 4) is 5.75 Å². The van der Waals surface area contributed by atoms with Crippen LogP contribution in [0.15, 0.2) is 42.7 Å². The Bertz CT molecular complexity index is 682. The van der Waals surface area contributed by atoms with E-state index < -0.39 is 0 Å². The number of carbonyl (C=O) groups excluding carboxylic acids is 1. The molecule has 0 spiro atoms. The average Bonchev–Trinajstić information content (AvgIpc) is 2.66. The number of nitrogens with one attached hydrogen (secondary N) is 1. The molecule has 5 heteroatoms. The van der Waals surface area contributed by atoms with Gasteiger partial charge in [-0.15, -0.1) is 0 Å². The minimum atomic E-state index is -0.131. The Morgan fingerprint density at radius 3 is 2.56 bits per heavy atom. The molecule has 0 atom stereocenters. The first-order valence-corrected chi connectivity index (χ1v) is 8.79. The van der Waals surface area contributed by atoms with Gasteiger partial charge in [-0.1, -0.05) is 32.0 Å². The number of amides is 1. The molecular formula is C20H27N3O2. The maximum Gasteiger partial charge on any atom is 0.253 e. The van der Waals surface area contributed by atoms with Crippen molar-refractivity contribution in [2.45, 2.75) is 33.2 Å². The van der Waals surface area contributed by atoms with Gasteiger partial charge in [-0.3, -0.25) is 9.78 Å². The molecular weight excluding hydrogens is 314 g/mol. The minimum Gasteiger partial charge on any atom is -0.496 e. The van der Waals surface area contributed by atoms with Crippen LogP contribution < -0.4 is 15.0 Å². The van der Waals surface area contributed by atoms with Crippen molar-refractivity contribution >= 4 is 11.6 Å². The molecule has 0 fully saturated rings. The van der Waals surface area contributed by atoms with Crippen LogP contribution in [-0.4, -0.2) is 31.1 Å². The molecule has 5 nitrogen and oxygen atoms in total. The standard InChI is InChI=1S/C20H27N3O2/c1-4-10-23(11-5-2)18-12-17(13-21-15-18)20(24)22-14-16-8-6-7-9-19(16)25-3/h6-9,12-13,15H,4-5,10-11,14H2,1-3H3,(H,22,24). The summed E-state index contributed by atoms with van der Waals surface area (Å²) in [6, 6.07) is 9.58. The Kier molecular flexibility index (Phi) is 7.26. The Morgan fingerprint density at radius 2 is 1.88 bits per heavy atom. The highest BCUT2D eigenvalue weighted by molar-refractivity contribution is 5.94. The van der Waals surface area contributed by atoms with Crippen molar-refractivity contribution in [1.29, 1.82) is 0 Å². The molecule has 1 N–H and O–H groups in total. The predicted octanol–water partition coefficient (Wildman–Crippen LogP) is 3.65. The summed E-state index contributed by atoms with van der Waals surface area (Å²) in [7, 11) is 1.63. The third kappa shape index (κ3) is 5.21. The van der Waals surface area contributed by atoms with E-state index in [4.69, 9.17) is 4.74 Å². The first-order valence-electron chi connectivity index (χ1n) is 8.79. The fraction of sp³-hybridized carbons (Fsp3) is 0.400. The second-order valence-corrected chi connectivity index (χ2v) is 5.91. The van der Waals surface area contributed by atoms with Gasteiger partial charge in [-0.2, -0.15) is 0 Å². The summed E-state index contributed by atoms with van der Waals surface area (Å²) in [6.07, 6.45) is 5.55. The molecule has 0 aliphatic rings. The van der Waals surface area contributed by atoms with Gasteiger partial charge in [0.2, 0.25) is 0 Å². The number of methoxy groups -OCH3 is 1. The van der Waals surface area contributed by atoms with Gasteiger partial charge < -0.3 is 15.0 Å². The molecule has 0 aliphatic carbocycles. The minimum absolute atomic E-state index is 0.131. The van der Waals surface area contributed by atoms with E-state index in [1.807, 2.05) is 36.5 Å². The number of para-hydroxylation sites is 1. The van der Waals surface area contributed by atoms with Gasteiger partial charge in [0.05, 0.1) is 24.6 Å². The first-order chi connectivity index (χ1) is 12.2. The summed E-state index contributed by atoms with van der Waals surface area (Å²) in [5.41, 5.74) is 2.51. The quantitative estimate of drug-likeness (QED) is 0.756. The Hall–Kier alpha value is -2.56. The van der Waals surface area contributed by atoms with Crippen LogP contribution in [0.1, 0.15) is 42.6 Å². The lowest BCUT2D eigenvalue weighted by molar-refractivity contribution is 0.0950. The van der Waals surface area contributed by atoms with Gasteiger partial charge in [-0.05, 0) is 25.0 Å². The van der Waals surface area contributed by atoms with E-state index in [0.29, 0.717) is 12.1 Å². The van der Waals surface area contributed by atoms with Crippen molar-refractivity contribution in [1.82, 2.24) is 10.3 Å². The number of benzene rings is 1. The van der Waals surface area contributed by atoms with Crippen LogP contribution in [0, 0.1) is 0 Å². The van der Waals surface area contributed by atoms with E-state index >= 15 is 0 Å². The zero-order valence-electron chi connectivity index (χ0n) is 15.3. The fourth-order valence-corrected chi connectivity index (χ4v) is 2.76. The molecule has 2 rings (SSSR count). The molecule has 1 aromatic carbocycles. The van der Waals surface area contributed by atoms with Crippen molar-refractivity contribution in [3.63, 3.8) is 0 Å². The largest absolute Gasteiger partial charge is 0.496 e. The number of hydrogen-bond donors (Lipinski definition) is 1. The van der Waals surface area contributed by atoms with Crippen LogP contribution in [0.25, 0.3) is 0 Å². The summed E-state index contributed by atoms with van der Waals surface area (Å²) in [6.45, 7) is 6.64. The molecule has 134 valence electrons. The molecule has 1 aromatic heterocycles. The van der Waals surface area contributed by atoms with Crippen LogP contribution in [0.4, 0.5) is 5.69 Å². The molecule has 0 saturated carbocycles. The van der Waals surface area contributed by atoms with Gasteiger partial charge in [0.25, 0.3) is 5.91 Å². The molecule has 0 aliphatic heterocycles. The highest BCUT2D eigenvalue weighted by Crippen LogP contribution is 2.18. The smallest absolute Gasteiger partial charge is 0.253 e. The van der Waals surface area contributed by atoms with Crippen LogP contribution in [-0.2, 0) is 6.54 Å². The number of ether oxygens (including phenoxy) is 1. The normalized spacial score (nSPS) is 10.4. The second kappa shape index (κ2) is 9.67. The van der Waals surface area contributed by atoms with Gasteiger partial charge in [0.15, 0.2) is 0 Å². The zero-order chi connectivity index (χ0) is 18.1. The highest BCUT2D eigenvalue weighted by Gasteiger charge is 2.11. The first kappa shape index (κ1) is 18.8. The lowest BCUT2D eigenvalue weighted by Crippen LogP contribution is -2.27. The van der Waals surface area contributed by atoms with E-state index in [1.54, 1.807) is 13.3 Å². The fourth-order valence-electron chi connectivity index (χ4n) is 2.76. The number of hydrogen-bond acceptors (Lipinski definition) is 4. The van der Waals surface area contributed by atoms with Crippen molar-refractivity contribution in [2.24, 2.45) is 0 Å². The monoisotopic (exact) mass is 341 g/mol. The molecule has 0 bridgehead atoms. The van der Waals surface area contributed by atoms with Crippen LogP contribution in [0.2, 0.25) is 0 Å². The molecule has 0 unspecified atom stereocenters. The topological polar surface area (TPSA) is 54.5 Å². The summed E-state index contributed by atoms with van der Waals surface area (Å²) >= 11 is 0. The molecule has 1 amide bonds. The molecule has 2 aromatic rings. The highest BCUT2D eigenvalue weighted by atomic mass is 16.5. The third-order valence-corrected chi connectivity index (χ3v) is 3.97. The molecule has 1 heterocycles. The molecule has 25 heavy (non-hydrogen) atoms. The summed E-state index contributed by atoms with van der Waals surface area (Å²) in [5.74, 6) is 0.639. The average molecular weight is 341 g/mol. The Balaban J connectivity index is 2.07. The van der Waals surface area contributed by atoms with Crippen LogP contribution in [0.5, 0.6) is 5.75 Å². The Morgan fingerprint density at radius 1 is 1.16 bits per heavy atom. The number of aromatic nitrogens is 1. The molecule has 0 saturated heterocycles. The number of nitrogens with zero attached hydrogens (tertiary/aromatic N) is 2. The molecule has 0 radical (unpaired) electrons. The summed E-state index contributed by atoms with van der Waals surface area (Å²) < 4.78 is 5.32. The SMILES string of the molecule is CCCN(CCC)c1cncc(C(=O)NCc2ccccc2OC)c1. The van der Waals surface area contributed by atoms with E-state index in [1.165, 1.54) is 0 Å². The third-order valence-electron chi connectivity index (χ3n) is 3.97. The van der Waals surface area contributed by atoms with Gasteiger partial charge in [-0.25, -0.2) is 0 Å². The van der Waals surface area contributed by atoms with Crippen LogP contribution >= 0.6 is 0 Å². The Labute approximate surface area is 150 Å². The van der Waals surface area contributed by atoms with E-state index in [-0.39, 0.29) is 5.91 Å². The van der Waals surface area contributed by atoms with E-state index in [0.717, 1.165) is 42.9 Å². The van der Waals surface area contributed by atoms with Crippen molar-refractivity contribution in [3.05, 3.63) is 53.9 Å². The van der Waals surface area contributed by atoms with E-state index in [2.05, 4.69) is 29.0 Å². The maximum atomic E-state index is 12.5. The van der Waals surface area contributed by atoms with Gasteiger partial charge in [0.1, 0.15) is 5.75 Å². The zero-order valence-corrected chi connectivity index (χ0v) is 15.3. The maximum absolute atomic E-state index is 12.5. The second-order valence-electron chi connectivity index (χ2n) is 5.91. The summed E-state index contributed by atoms with van der Waals surface area (Å²) in [4.78, 5) is 19.0. The van der Waals surface area contributed by atoms with Crippen molar-refractivity contribution in [2.75, 3.05) is 25.1 Å². The number of rotatable bonds is 9. The number of pyridine rings is 1. The van der Waals surface area contributed by atoms with Gasteiger partial charge in [0, 0.05) is 31.4 Å². The summed E-state index contributed by atoms with van der Waals surface area (Å²) in [5, 5.41) is 2.94. The van der Waals surface area contributed by atoms with E-state index in [9.17, 15) is 4.79 Å². The number of anilines is 1. The van der Waals surface area contributed by atoms with Crippen molar-refractivity contribution < 1.29 is 9.53 Å². The lowest BCUT2D eigenvalue weighted by Gasteiger charge is -2.23. The predicted molar refractivity (Wildman–Crippen MR) is 101 cm³/mol. The lowest BCUT2D eigenvalue weighted by atomic mass is 10.2. The van der Waals surface area contributed by atoms with Gasteiger partial charge >= 0.3 is 0 Å².